The van der Waals surface area contributed by atoms with E-state index in [1.54, 1.807) is 4.90 Å². The Labute approximate surface area is 216 Å². The third-order valence-corrected chi connectivity index (χ3v) is 10.0. The van der Waals surface area contributed by atoms with Gasteiger partial charge in [0.2, 0.25) is 16.0 Å². The van der Waals surface area contributed by atoms with E-state index in [1.807, 2.05) is 13.8 Å². The fraction of sp³-hybridized carbons (Fsp3) is 0.565. The Bertz CT molecular complexity index is 1380. The number of sulfonamides is 1. The molecule has 3 aliphatic rings. The molecule has 0 aromatic carbocycles. The Morgan fingerprint density at radius 2 is 1.89 bits per heavy atom. The molecule has 14 heteroatoms. The molecule has 3 aliphatic heterocycles. The van der Waals surface area contributed by atoms with Gasteiger partial charge < -0.3 is 10.2 Å². The zero-order chi connectivity index (χ0) is 26.9. The molecule has 2 aromatic rings. The second-order valence-corrected chi connectivity index (χ2v) is 13.1. The molecule has 0 aliphatic carbocycles. The van der Waals surface area contributed by atoms with Gasteiger partial charge in [-0.25, -0.2) is 22.7 Å². The van der Waals surface area contributed by atoms with Gasteiger partial charge in [0, 0.05) is 36.6 Å². The lowest BCUT2D eigenvalue weighted by atomic mass is 9.83. The second-order valence-electron chi connectivity index (χ2n) is 10.1. The Morgan fingerprint density at radius 3 is 2.49 bits per heavy atom. The van der Waals surface area contributed by atoms with E-state index in [0.717, 1.165) is 23.8 Å². The second kappa shape index (κ2) is 8.73. The van der Waals surface area contributed by atoms with Crippen molar-refractivity contribution >= 4 is 39.0 Å². The van der Waals surface area contributed by atoms with E-state index in [4.69, 9.17) is 0 Å². The van der Waals surface area contributed by atoms with E-state index in [-0.39, 0.29) is 66.2 Å². The van der Waals surface area contributed by atoms with Crippen LogP contribution >= 0.6 is 11.3 Å². The Kier molecular flexibility index (Phi) is 6.15. The van der Waals surface area contributed by atoms with E-state index in [1.165, 1.54) is 10.4 Å². The molecule has 37 heavy (non-hydrogen) atoms. The van der Waals surface area contributed by atoms with E-state index in [2.05, 4.69) is 15.3 Å². The molecule has 9 nitrogen and oxygen atoms in total. The minimum absolute atomic E-state index is 0.00126. The van der Waals surface area contributed by atoms with Gasteiger partial charge in [-0.3, -0.25) is 9.59 Å². The van der Waals surface area contributed by atoms with Gasteiger partial charge in [0.15, 0.2) is 5.78 Å². The summed E-state index contributed by atoms with van der Waals surface area (Å²) in [5, 5.41) is 3.04. The highest BCUT2D eigenvalue weighted by Crippen LogP contribution is 2.55. The van der Waals surface area contributed by atoms with Gasteiger partial charge in [-0.05, 0) is 24.8 Å². The number of Topliss-reactive ketones (excluding diaryl/α,β-unsaturated/α-hetero) is 1. The standard InChI is InChI=1S/C23H26F3N5O4S2/c1-12(2)22-9-14(32)11-31(22)20(33)15-8-17(36-19(15)22)18-16(23(24,25)26)10-27-21(29-18)28-13-4-6-30(7-5-13)37(3,34)35/h8,10,12-13H,4-7,9,11H2,1-3H3,(H,27,28,29). The Hall–Kier alpha value is -2.58. The van der Waals surface area contributed by atoms with Gasteiger partial charge in [-0.15, -0.1) is 11.3 Å². The fourth-order valence-corrected chi connectivity index (χ4v) is 7.87. The number of hydrogen-bond donors (Lipinski definition) is 1. The van der Waals surface area contributed by atoms with Crippen LogP contribution in [-0.4, -0.2) is 71.2 Å². The predicted molar refractivity (Wildman–Crippen MR) is 131 cm³/mol. The minimum Gasteiger partial charge on any atom is -0.351 e. The molecule has 2 aromatic heterocycles. The molecule has 1 unspecified atom stereocenters. The first-order valence-corrected chi connectivity index (χ1v) is 14.5. The molecule has 0 spiro atoms. The van der Waals surface area contributed by atoms with Crippen LogP contribution in [0.3, 0.4) is 0 Å². The molecular weight excluding hydrogens is 531 g/mol. The highest BCUT2D eigenvalue weighted by molar-refractivity contribution is 7.88. The number of aromatic nitrogens is 2. The van der Waals surface area contributed by atoms with Crippen molar-refractivity contribution in [1.82, 2.24) is 19.2 Å². The van der Waals surface area contributed by atoms with Crippen LogP contribution < -0.4 is 5.32 Å². The number of hydrogen-bond acceptors (Lipinski definition) is 8. The van der Waals surface area contributed by atoms with Crippen LogP contribution in [0.4, 0.5) is 19.1 Å². The molecule has 200 valence electrons. The maximum Gasteiger partial charge on any atom is 0.420 e. The molecule has 1 N–H and O–H groups in total. The number of thiophene rings is 1. The largest absolute Gasteiger partial charge is 0.420 e. The molecule has 2 saturated heterocycles. The van der Waals surface area contributed by atoms with E-state index < -0.39 is 27.3 Å². The number of nitrogens with zero attached hydrogens (tertiary/aromatic N) is 4. The topological polar surface area (TPSA) is 113 Å². The van der Waals surface area contributed by atoms with Crippen LogP contribution in [0.5, 0.6) is 0 Å². The minimum atomic E-state index is -4.72. The highest BCUT2D eigenvalue weighted by Gasteiger charge is 2.58. The average Bonchev–Trinajstić information content (AvgIpc) is 3.44. The number of amides is 1. The first kappa shape index (κ1) is 26.0. The average molecular weight is 558 g/mol. The number of piperidine rings is 1. The van der Waals surface area contributed by atoms with Crippen molar-refractivity contribution in [3.05, 3.63) is 28.3 Å². The Morgan fingerprint density at radius 1 is 1.22 bits per heavy atom. The van der Waals surface area contributed by atoms with Crippen molar-refractivity contribution < 1.29 is 31.2 Å². The lowest BCUT2D eigenvalue weighted by Crippen LogP contribution is -2.42. The normalized spacial score (nSPS) is 23.2. The maximum atomic E-state index is 14.0. The fourth-order valence-electron chi connectivity index (χ4n) is 5.50. The van der Waals surface area contributed by atoms with Gasteiger partial charge in [0.25, 0.3) is 5.91 Å². The molecule has 0 bridgehead atoms. The van der Waals surface area contributed by atoms with Crippen molar-refractivity contribution in [2.75, 3.05) is 31.2 Å². The van der Waals surface area contributed by atoms with Crippen molar-refractivity contribution in [3.63, 3.8) is 0 Å². The third kappa shape index (κ3) is 4.32. The quantitative estimate of drug-likeness (QED) is 0.600. The molecule has 1 amide bonds. The van der Waals surface area contributed by atoms with E-state index in [9.17, 15) is 31.2 Å². The predicted octanol–water partition coefficient (Wildman–Crippen LogP) is 3.34. The highest BCUT2D eigenvalue weighted by atomic mass is 32.2. The van der Waals surface area contributed by atoms with Crippen molar-refractivity contribution in [2.24, 2.45) is 5.92 Å². The number of halogens is 3. The summed E-state index contributed by atoms with van der Waals surface area (Å²) in [7, 11) is -3.31. The molecule has 5 heterocycles. The summed E-state index contributed by atoms with van der Waals surface area (Å²) < 4.78 is 66.7. The van der Waals surface area contributed by atoms with Crippen LogP contribution in [0.1, 0.15) is 53.9 Å². The summed E-state index contributed by atoms with van der Waals surface area (Å²) in [5.41, 5.74) is -1.89. The van der Waals surface area contributed by atoms with Gasteiger partial charge in [0.05, 0.1) is 34.5 Å². The zero-order valence-corrected chi connectivity index (χ0v) is 22.1. The van der Waals surface area contributed by atoms with Crippen LogP contribution in [0, 0.1) is 5.92 Å². The monoisotopic (exact) mass is 557 g/mol. The van der Waals surface area contributed by atoms with Crippen molar-refractivity contribution in [1.29, 1.82) is 0 Å². The van der Waals surface area contributed by atoms with Gasteiger partial charge in [-0.2, -0.15) is 13.2 Å². The zero-order valence-electron chi connectivity index (χ0n) is 20.4. The smallest absolute Gasteiger partial charge is 0.351 e. The molecule has 0 radical (unpaired) electrons. The van der Waals surface area contributed by atoms with Crippen LogP contribution in [0.25, 0.3) is 10.6 Å². The number of carbonyl (C=O) groups excluding carboxylic acids is 2. The number of alkyl halides is 3. The molecule has 2 fully saturated rings. The number of anilines is 1. The summed E-state index contributed by atoms with van der Waals surface area (Å²) in [6, 6.07) is 1.24. The number of nitrogens with one attached hydrogen (secondary N) is 1. The maximum absolute atomic E-state index is 14.0. The van der Waals surface area contributed by atoms with Crippen LogP contribution in [-0.2, 0) is 26.5 Å². The Balaban J connectivity index is 1.50. The number of carbonyl (C=O) groups is 2. The lowest BCUT2D eigenvalue weighted by Gasteiger charge is -2.35. The van der Waals surface area contributed by atoms with Crippen molar-refractivity contribution in [3.8, 4) is 10.6 Å². The van der Waals surface area contributed by atoms with Crippen molar-refractivity contribution in [2.45, 2.75) is 50.9 Å². The third-order valence-electron chi connectivity index (χ3n) is 7.42. The van der Waals surface area contributed by atoms with E-state index in [0.29, 0.717) is 23.3 Å². The van der Waals surface area contributed by atoms with Crippen LogP contribution in [0.15, 0.2) is 12.3 Å². The summed E-state index contributed by atoms with van der Waals surface area (Å²) in [6.45, 7) is 4.38. The van der Waals surface area contributed by atoms with Gasteiger partial charge in [0.1, 0.15) is 5.56 Å². The number of rotatable bonds is 5. The number of fused-ring (bicyclic) bond motifs is 3. The summed E-state index contributed by atoms with van der Waals surface area (Å²) in [5.74, 6) is -0.542. The van der Waals surface area contributed by atoms with E-state index >= 15 is 0 Å². The SMILES string of the molecule is CC(C)C12CC(=O)CN1C(=O)c1cc(-c3nc(NC4CCN(S(C)(=O)=O)CC4)ncc3C(F)(F)F)sc12. The van der Waals surface area contributed by atoms with Crippen LogP contribution in [0.2, 0.25) is 0 Å². The first-order chi connectivity index (χ1) is 17.2. The summed E-state index contributed by atoms with van der Waals surface area (Å²) in [6.07, 6.45) is -1.81. The van der Waals surface area contributed by atoms with Gasteiger partial charge >= 0.3 is 6.18 Å². The number of ketones is 1. The molecular formula is C23H26F3N5O4S2. The molecule has 1 atom stereocenters. The summed E-state index contributed by atoms with van der Waals surface area (Å²) >= 11 is 1.07. The molecule has 5 rings (SSSR count). The summed E-state index contributed by atoms with van der Waals surface area (Å²) in [4.78, 5) is 35.9. The lowest BCUT2D eigenvalue weighted by molar-refractivity contribution is -0.137. The van der Waals surface area contributed by atoms with Gasteiger partial charge in [-0.1, -0.05) is 13.8 Å². The molecule has 0 saturated carbocycles. The first-order valence-electron chi connectivity index (χ1n) is 11.9.